The van der Waals surface area contributed by atoms with Crippen LogP contribution in [0.25, 0.3) is 0 Å². The number of hydrogen-bond donors (Lipinski definition) is 6. The molecule has 3 rings (SSSR count). The van der Waals surface area contributed by atoms with Crippen LogP contribution in [0.3, 0.4) is 0 Å². The number of aliphatic hydroxyl groups excluding tert-OH is 1. The normalized spacial score (nSPS) is 12.2. The van der Waals surface area contributed by atoms with Crippen molar-refractivity contribution in [1.82, 2.24) is 10.6 Å². The summed E-state index contributed by atoms with van der Waals surface area (Å²) in [7, 11) is 0. The molecule has 198 valence electrons. The van der Waals surface area contributed by atoms with Gasteiger partial charge >= 0.3 is 0 Å². The van der Waals surface area contributed by atoms with Crippen LogP contribution in [0.4, 0.5) is 5.69 Å². The second-order valence-electron chi connectivity index (χ2n) is 9.59. The number of phenols is 2. The summed E-state index contributed by atoms with van der Waals surface area (Å²) >= 11 is 7.34. The zero-order chi connectivity index (χ0) is 27.0. The van der Waals surface area contributed by atoms with E-state index in [-0.39, 0.29) is 35.9 Å². The molecule has 0 aliphatic carbocycles. The third-order valence-electron chi connectivity index (χ3n) is 5.91. The molecule has 0 aliphatic heterocycles. The number of aliphatic hydroxyl groups is 1. The van der Waals surface area contributed by atoms with E-state index in [4.69, 9.17) is 11.6 Å². The first-order chi connectivity index (χ1) is 17.6. The SMILES string of the molecule is CSNc1cc(C(O)CNC(C)(C)Cc2cccc(CC(=O)NCc3cc(Cl)ccc3O)c2)ccc1O. The first-order valence-corrected chi connectivity index (χ1v) is 13.5. The van der Waals surface area contributed by atoms with Crippen molar-refractivity contribution in [2.24, 2.45) is 0 Å². The number of β-amino-alcohol motifs (C(OH)–C–C–N with tert-alkyl or cyclic N) is 1. The van der Waals surface area contributed by atoms with Gasteiger partial charge in [-0.1, -0.05) is 53.9 Å². The van der Waals surface area contributed by atoms with E-state index < -0.39 is 6.10 Å². The Bertz CT molecular complexity index is 1220. The van der Waals surface area contributed by atoms with Crippen LogP contribution < -0.4 is 15.4 Å². The number of amides is 1. The second-order valence-corrected chi connectivity index (χ2v) is 10.6. The molecule has 0 radical (unpaired) electrons. The molecule has 7 nitrogen and oxygen atoms in total. The molecule has 0 fully saturated rings. The zero-order valence-electron chi connectivity index (χ0n) is 21.2. The van der Waals surface area contributed by atoms with E-state index in [1.807, 2.05) is 30.5 Å². The minimum atomic E-state index is -0.740. The predicted molar refractivity (Wildman–Crippen MR) is 151 cm³/mol. The smallest absolute Gasteiger partial charge is 0.224 e. The van der Waals surface area contributed by atoms with E-state index in [9.17, 15) is 20.1 Å². The molecule has 1 atom stereocenters. The Kier molecular flexibility index (Phi) is 10.1. The fraction of sp³-hybridized carbons (Fsp3) is 0.321. The Labute approximate surface area is 227 Å². The maximum Gasteiger partial charge on any atom is 0.224 e. The molecule has 0 heterocycles. The van der Waals surface area contributed by atoms with Crippen LogP contribution in [0.2, 0.25) is 5.02 Å². The van der Waals surface area contributed by atoms with Gasteiger partial charge in [-0.05, 0) is 67.3 Å². The van der Waals surface area contributed by atoms with Crippen LogP contribution in [0.15, 0.2) is 60.7 Å². The van der Waals surface area contributed by atoms with Crippen molar-refractivity contribution in [3.8, 4) is 11.5 Å². The summed E-state index contributed by atoms with van der Waals surface area (Å²) in [5, 5.41) is 37.3. The number of anilines is 1. The van der Waals surface area contributed by atoms with Gasteiger partial charge < -0.3 is 30.7 Å². The third kappa shape index (κ3) is 8.86. The molecule has 0 bridgehead atoms. The van der Waals surface area contributed by atoms with Gasteiger partial charge in [0.1, 0.15) is 11.5 Å². The van der Waals surface area contributed by atoms with Crippen molar-refractivity contribution in [2.45, 2.75) is 44.9 Å². The number of benzene rings is 3. The summed E-state index contributed by atoms with van der Waals surface area (Å²) in [5.74, 6) is 0.0741. The quantitative estimate of drug-likeness (QED) is 0.142. The minimum absolute atomic E-state index is 0.0917. The lowest BCUT2D eigenvalue weighted by Crippen LogP contribution is -2.43. The highest BCUT2D eigenvalue weighted by atomic mass is 35.5. The molecule has 1 unspecified atom stereocenters. The molecule has 0 saturated heterocycles. The maximum atomic E-state index is 12.5. The number of carbonyl (C=O) groups excluding carboxylic acids is 1. The fourth-order valence-electron chi connectivity index (χ4n) is 4.00. The molecule has 3 aromatic carbocycles. The molecule has 37 heavy (non-hydrogen) atoms. The number of hydrogen-bond acceptors (Lipinski definition) is 7. The maximum absolute atomic E-state index is 12.5. The van der Waals surface area contributed by atoms with Crippen molar-refractivity contribution in [1.29, 1.82) is 0 Å². The molecule has 0 aliphatic rings. The van der Waals surface area contributed by atoms with Gasteiger partial charge in [-0.15, -0.1) is 0 Å². The Hall–Kier alpha value is -2.91. The average molecular weight is 544 g/mol. The van der Waals surface area contributed by atoms with Crippen molar-refractivity contribution < 1.29 is 20.1 Å². The van der Waals surface area contributed by atoms with E-state index in [0.29, 0.717) is 34.8 Å². The van der Waals surface area contributed by atoms with Crippen molar-refractivity contribution in [3.63, 3.8) is 0 Å². The van der Waals surface area contributed by atoms with Gasteiger partial charge in [0.2, 0.25) is 5.91 Å². The van der Waals surface area contributed by atoms with Crippen molar-refractivity contribution in [2.75, 3.05) is 17.5 Å². The highest BCUT2D eigenvalue weighted by molar-refractivity contribution is 7.99. The zero-order valence-corrected chi connectivity index (χ0v) is 22.8. The summed E-state index contributed by atoms with van der Waals surface area (Å²) in [5.41, 5.74) is 3.47. The van der Waals surface area contributed by atoms with Gasteiger partial charge in [-0.3, -0.25) is 4.79 Å². The van der Waals surface area contributed by atoms with Crippen LogP contribution in [0, 0.1) is 0 Å². The number of phenolic OH excluding ortho intramolecular Hbond substituents is 2. The van der Waals surface area contributed by atoms with Gasteiger partial charge in [0.05, 0.1) is 18.2 Å². The Morgan fingerprint density at radius 2 is 1.76 bits per heavy atom. The predicted octanol–water partition coefficient (Wildman–Crippen LogP) is 4.94. The number of rotatable bonds is 12. The van der Waals surface area contributed by atoms with Crippen molar-refractivity contribution >= 4 is 35.1 Å². The first-order valence-electron chi connectivity index (χ1n) is 11.9. The van der Waals surface area contributed by atoms with Crippen LogP contribution in [-0.2, 0) is 24.2 Å². The molecule has 1 amide bonds. The Morgan fingerprint density at radius 1 is 1.03 bits per heavy atom. The summed E-state index contributed by atoms with van der Waals surface area (Å²) in [4.78, 5) is 12.5. The van der Waals surface area contributed by atoms with Crippen molar-refractivity contribution in [3.05, 3.63) is 87.9 Å². The summed E-state index contributed by atoms with van der Waals surface area (Å²) in [6.07, 6.45) is 2.03. The van der Waals surface area contributed by atoms with Gasteiger partial charge in [-0.2, -0.15) is 0 Å². The highest BCUT2D eigenvalue weighted by Crippen LogP contribution is 2.29. The van der Waals surface area contributed by atoms with E-state index >= 15 is 0 Å². The molecule has 0 aromatic heterocycles. The number of halogens is 1. The van der Waals surface area contributed by atoms with Gasteiger partial charge in [0.15, 0.2) is 0 Å². The molecule has 9 heteroatoms. The minimum Gasteiger partial charge on any atom is -0.508 e. The number of aromatic hydroxyl groups is 2. The van der Waals surface area contributed by atoms with Gasteiger partial charge in [-0.25, -0.2) is 0 Å². The van der Waals surface area contributed by atoms with E-state index in [0.717, 1.165) is 11.1 Å². The largest absolute Gasteiger partial charge is 0.508 e. The average Bonchev–Trinajstić information content (AvgIpc) is 2.84. The monoisotopic (exact) mass is 543 g/mol. The molecular formula is C28H34ClN3O4S. The molecule has 3 aromatic rings. The fourth-order valence-corrected chi connectivity index (χ4v) is 4.58. The van der Waals surface area contributed by atoms with E-state index in [2.05, 4.69) is 29.2 Å². The van der Waals surface area contributed by atoms with Crippen LogP contribution in [0.1, 0.15) is 42.2 Å². The third-order valence-corrected chi connectivity index (χ3v) is 6.57. The van der Waals surface area contributed by atoms with Crippen LogP contribution in [-0.4, -0.2) is 39.6 Å². The Morgan fingerprint density at radius 3 is 2.51 bits per heavy atom. The summed E-state index contributed by atoms with van der Waals surface area (Å²) in [6, 6.07) is 17.6. The number of carbonyl (C=O) groups is 1. The lowest BCUT2D eigenvalue weighted by Gasteiger charge is -2.28. The van der Waals surface area contributed by atoms with E-state index in [1.54, 1.807) is 30.3 Å². The van der Waals surface area contributed by atoms with E-state index in [1.165, 1.54) is 18.0 Å². The van der Waals surface area contributed by atoms with Gasteiger partial charge in [0.25, 0.3) is 0 Å². The summed E-state index contributed by atoms with van der Waals surface area (Å²) in [6.45, 7) is 4.66. The molecular weight excluding hydrogens is 510 g/mol. The number of nitrogens with one attached hydrogen (secondary N) is 3. The lowest BCUT2D eigenvalue weighted by atomic mass is 9.93. The Balaban J connectivity index is 1.54. The summed E-state index contributed by atoms with van der Waals surface area (Å²) < 4.78 is 3.01. The highest BCUT2D eigenvalue weighted by Gasteiger charge is 2.21. The van der Waals surface area contributed by atoms with Crippen LogP contribution in [0.5, 0.6) is 11.5 Å². The molecule has 0 spiro atoms. The molecule has 6 N–H and O–H groups in total. The molecule has 0 saturated carbocycles. The first kappa shape index (κ1) is 28.7. The standard InChI is InChI=1S/C28H34ClN3O4S/c1-28(2,31-17-26(35)20-7-9-25(34)23(14-20)32-37-3)15-19-6-4-5-18(11-19)12-27(36)30-16-21-13-22(29)8-10-24(21)33/h4-11,13-14,26,31-35H,12,15-17H2,1-3H3,(H,30,36). The lowest BCUT2D eigenvalue weighted by molar-refractivity contribution is -0.120. The second kappa shape index (κ2) is 13.1. The topological polar surface area (TPSA) is 114 Å². The van der Waals surface area contributed by atoms with Crippen LogP contribution >= 0.6 is 23.5 Å². The van der Waals surface area contributed by atoms with Gasteiger partial charge in [0, 0.05) is 35.5 Å².